The molecule has 4 aliphatic rings. The first-order valence-corrected chi connectivity index (χ1v) is 10.4. The van der Waals surface area contributed by atoms with Crippen LogP contribution < -0.4 is 0 Å². The maximum atomic E-state index is 13.4. The molecule has 5 nitrogen and oxygen atoms in total. The van der Waals surface area contributed by atoms with Crippen LogP contribution in [-0.4, -0.2) is 46.7 Å². The van der Waals surface area contributed by atoms with Crippen molar-refractivity contribution in [1.29, 1.82) is 0 Å². The van der Waals surface area contributed by atoms with Gasteiger partial charge in [-0.15, -0.1) is 0 Å². The van der Waals surface area contributed by atoms with Gasteiger partial charge in [0.05, 0.1) is 11.8 Å². The van der Waals surface area contributed by atoms with Crippen molar-refractivity contribution in [3.05, 3.63) is 48.0 Å². The van der Waals surface area contributed by atoms with Crippen LogP contribution in [0.3, 0.4) is 0 Å². The molecule has 1 aromatic rings. The fraction of sp³-hybridized carbons (Fsp3) is 0.522. The van der Waals surface area contributed by atoms with Crippen molar-refractivity contribution in [2.24, 2.45) is 23.7 Å². The van der Waals surface area contributed by atoms with Gasteiger partial charge in [0.25, 0.3) is 0 Å². The number of hydrogen-bond acceptors (Lipinski definition) is 3. The molecule has 5 rings (SSSR count). The Kier molecular flexibility index (Phi) is 5.09. The molecule has 0 unspecified atom stereocenters. The van der Waals surface area contributed by atoms with Crippen molar-refractivity contribution >= 4 is 17.7 Å². The Bertz CT molecular complexity index is 767. The first-order chi connectivity index (χ1) is 13.6. The van der Waals surface area contributed by atoms with Gasteiger partial charge >= 0.3 is 0 Å². The summed E-state index contributed by atoms with van der Waals surface area (Å²) in [5, 5.41) is 0. The maximum Gasteiger partial charge on any atom is 0.246 e. The number of imide groups is 1. The lowest BCUT2D eigenvalue weighted by Crippen LogP contribution is -2.52. The van der Waals surface area contributed by atoms with Gasteiger partial charge in [0.2, 0.25) is 17.7 Å². The molecule has 3 amide bonds. The van der Waals surface area contributed by atoms with Gasteiger partial charge in [-0.05, 0) is 44.1 Å². The normalized spacial score (nSPS) is 29.1. The summed E-state index contributed by atoms with van der Waals surface area (Å²) >= 11 is 0. The van der Waals surface area contributed by atoms with Gasteiger partial charge in [0.1, 0.15) is 6.04 Å². The van der Waals surface area contributed by atoms with Gasteiger partial charge in [-0.25, -0.2) is 0 Å². The number of likely N-dealkylation sites (tertiary alicyclic amines) is 1. The third kappa shape index (κ3) is 2.97. The number of fused-ring (bicyclic) bond motifs is 1. The van der Waals surface area contributed by atoms with Crippen molar-refractivity contribution < 1.29 is 14.4 Å². The van der Waals surface area contributed by atoms with Crippen LogP contribution in [0.5, 0.6) is 0 Å². The number of benzene rings is 1. The second-order valence-corrected chi connectivity index (χ2v) is 8.10. The number of allylic oxidation sites excluding steroid dienone is 2. The fourth-order valence-electron chi connectivity index (χ4n) is 5.28. The van der Waals surface area contributed by atoms with E-state index in [0.29, 0.717) is 19.5 Å². The molecule has 1 aliphatic heterocycles. The van der Waals surface area contributed by atoms with E-state index in [9.17, 15) is 14.4 Å². The topological polar surface area (TPSA) is 57.7 Å². The lowest BCUT2D eigenvalue weighted by Gasteiger charge is -2.38. The summed E-state index contributed by atoms with van der Waals surface area (Å²) in [5.41, 5.74) is 0.963. The Morgan fingerprint density at radius 2 is 1.54 bits per heavy atom. The van der Waals surface area contributed by atoms with Crippen LogP contribution in [0.4, 0.5) is 0 Å². The summed E-state index contributed by atoms with van der Waals surface area (Å²) in [6.45, 7) is 4.99. The predicted octanol–water partition coefficient (Wildman–Crippen LogP) is 2.66. The smallest absolute Gasteiger partial charge is 0.246 e. The number of carbonyl (C=O) groups is 3. The Morgan fingerprint density at radius 3 is 2.00 bits per heavy atom. The van der Waals surface area contributed by atoms with Gasteiger partial charge in [-0.3, -0.25) is 19.3 Å². The van der Waals surface area contributed by atoms with Crippen molar-refractivity contribution in [3.63, 3.8) is 0 Å². The summed E-state index contributed by atoms with van der Waals surface area (Å²) in [6.07, 6.45) is 6.52. The average molecular weight is 380 g/mol. The Labute approximate surface area is 166 Å². The zero-order valence-corrected chi connectivity index (χ0v) is 16.6. The molecule has 2 fully saturated rings. The Balaban J connectivity index is 1.69. The number of likely N-dealkylation sites (N-methyl/N-ethyl adjacent to an activating group) is 1. The Morgan fingerprint density at radius 1 is 1.00 bits per heavy atom. The molecule has 5 atom stereocenters. The quantitative estimate of drug-likeness (QED) is 0.563. The van der Waals surface area contributed by atoms with Gasteiger partial charge in [0.15, 0.2) is 0 Å². The lowest BCUT2D eigenvalue weighted by atomic mass is 9.63. The standard InChI is InChI=1S/C23H28N2O3/c1-3-24(4-2)21(26)18(14-15-8-6-5-7-9-15)25-22(27)19-16-10-11-17(13-12-16)20(19)23(25)28/h5-11,16-20H,3-4,12-14H2,1-2H3/t16-,17-,18-,19-,20-/m0/s1. The zero-order valence-electron chi connectivity index (χ0n) is 16.6. The number of nitrogens with zero attached hydrogens (tertiary/aromatic N) is 2. The van der Waals surface area contributed by atoms with Crippen LogP contribution in [0, 0.1) is 23.7 Å². The molecule has 0 N–H and O–H groups in total. The van der Waals surface area contributed by atoms with E-state index in [0.717, 1.165) is 18.4 Å². The molecule has 1 saturated heterocycles. The highest BCUT2D eigenvalue weighted by Gasteiger charge is 2.58. The molecule has 0 radical (unpaired) electrons. The van der Waals surface area contributed by atoms with E-state index >= 15 is 0 Å². The van der Waals surface area contributed by atoms with Crippen LogP contribution in [0.15, 0.2) is 42.5 Å². The SMILES string of the molecule is CCN(CC)C(=O)[C@H](Cc1ccccc1)N1C(=O)[C@@H]2[C@@H](C1=O)[C@H]1C=C[C@H]2CC1. The largest absolute Gasteiger partial charge is 0.341 e. The molecule has 1 heterocycles. The van der Waals surface area contributed by atoms with Crippen LogP contribution in [-0.2, 0) is 20.8 Å². The lowest BCUT2D eigenvalue weighted by molar-refractivity contribution is -0.151. The highest BCUT2D eigenvalue weighted by atomic mass is 16.2. The van der Waals surface area contributed by atoms with Gasteiger partial charge < -0.3 is 4.90 Å². The molecule has 3 aliphatic carbocycles. The number of amides is 3. The molecule has 5 heteroatoms. The third-order valence-corrected chi connectivity index (χ3v) is 6.74. The van der Waals surface area contributed by atoms with E-state index in [1.807, 2.05) is 44.2 Å². The number of carbonyl (C=O) groups excluding carboxylic acids is 3. The number of hydrogen-bond donors (Lipinski definition) is 0. The van der Waals surface area contributed by atoms with Gasteiger partial charge in [0, 0.05) is 19.5 Å². The summed E-state index contributed by atoms with van der Waals surface area (Å²) < 4.78 is 0. The maximum absolute atomic E-state index is 13.4. The Hall–Kier alpha value is -2.43. The van der Waals surface area contributed by atoms with Gasteiger partial charge in [-0.1, -0.05) is 42.5 Å². The summed E-state index contributed by atoms with van der Waals surface area (Å²) in [6, 6.07) is 8.91. The van der Waals surface area contributed by atoms with Crippen molar-refractivity contribution in [3.8, 4) is 0 Å². The summed E-state index contributed by atoms with van der Waals surface area (Å²) in [7, 11) is 0. The van der Waals surface area contributed by atoms with Crippen molar-refractivity contribution in [1.82, 2.24) is 9.80 Å². The molecular weight excluding hydrogens is 352 g/mol. The monoisotopic (exact) mass is 380 g/mol. The van der Waals surface area contributed by atoms with E-state index in [1.165, 1.54) is 4.90 Å². The van der Waals surface area contributed by atoms with Crippen molar-refractivity contribution in [2.75, 3.05) is 13.1 Å². The van der Waals surface area contributed by atoms with Crippen LogP contribution in [0.1, 0.15) is 32.3 Å². The molecule has 0 aromatic heterocycles. The van der Waals surface area contributed by atoms with Crippen molar-refractivity contribution in [2.45, 2.75) is 39.2 Å². The third-order valence-electron chi connectivity index (χ3n) is 6.74. The zero-order chi connectivity index (χ0) is 19.8. The van der Waals surface area contributed by atoms with Gasteiger partial charge in [-0.2, -0.15) is 0 Å². The molecule has 1 aromatic carbocycles. The van der Waals surface area contributed by atoms with Crippen LogP contribution in [0.25, 0.3) is 0 Å². The molecule has 2 bridgehead atoms. The minimum absolute atomic E-state index is 0.130. The van der Waals surface area contributed by atoms with Crippen LogP contribution >= 0.6 is 0 Å². The van der Waals surface area contributed by atoms with E-state index in [1.54, 1.807) is 4.90 Å². The van der Waals surface area contributed by atoms with Crippen LogP contribution in [0.2, 0.25) is 0 Å². The predicted molar refractivity (Wildman–Crippen MR) is 106 cm³/mol. The molecule has 148 valence electrons. The highest BCUT2D eigenvalue weighted by molar-refractivity contribution is 6.09. The molecule has 0 spiro atoms. The van der Waals surface area contributed by atoms with E-state index < -0.39 is 6.04 Å². The molecular formula is C23H28N2O3. The second kappa shape index (κ2) is 7.53. The minimum Gasteiger partial charge on any atom is -0.341 e. The highest BCUT2D eigenvalue weighted by Crippen LogP contribution is 2.50. The first kappa shape index (κ1) is 18.9. The number of rotatable bonds is 6. The average Bonchev–Trinajstić information content (AvgIpc) is 3.01. The van der Waals surface area contributed by atoms with E-state index in [2.05, 4.69) is 12.2 Å². The second-order valence-electron chi connectivity index (χ2n) is 8.10. The first-order valence-electron chi connectivity index (χ1n) is 10.4. The summed E-state index contributed by atoms with van der Waals surface area (Å²) in [5.74, 6) is -0.701. The summed E-state index contributed by atoms with van der Waals surface area (Å²) in [4.78, 5) is 43.1. The molecule has 1 saturated carbocycles. The minimum atomic E-state index is -0.757. The fourth-order valence-corrected chi connectivity index (χ4v) is 5.28. The molecule has 28 heavy (non-hydrogen) atoms. The van der Waals surface area contributed by atoms with E-state index in [4.69, 9.17) is 0 Å². The van der Waals surface area contributed by atoms with E-state index in [-0.39, 0.29) is 41.4 Å².